The van der Waals surface area contributed by atoms with Crippen LogP contribution in [0.25, 0.3) is 0 Å². The molecule has 2 heterocycles. The lowest BCUT2D eigenvalue weighted by Gasteiger charge is -2.36. The van der Waals surface area contributed by atoms with Crippen molar-refractivity contribution < 1.29 is 4.39 Å². The minimum absolute atomic E-state index is 0.242. The van der Waals surface area contributed by atoms with Gasteiger partial charge in [0.2, 0.25) is 0 Å². The van der Waals surface area contributed by atoms with E-state index in [9.17, 15) is 4.39 Å². The van der Waals surface area contributed by atoms with Crippen molar-refractivity contribution in [1.29, 1.82) is 0 Å². The molecule has 0 aliphatic carbocycles. The zero-order valence-electron chi connectivity index (χ0n) is 16.8. The summed E-state index contributed by atoms with van der Waals surface area (Å²) < 4.78 is 14.8. The van der Waals surface area contributed by atoms with Gasteiger partial charge in [-0.2, -0.15) is 5.10 Å². The number of hydrogen-bond donors (Lipinski definition) is 1. The molecule has 0 saturated carbocycles. The van der Waals surface area contributed by atoms with Crippen molar-refractivity contribution in [2.24, 2.45) is 0 Å². The first-order valence-electron chi connectivity index (χ1n) is 9.95. The Morgan fingerprint density at radius 2 is 1.68 bits per heavy atom. The molecule has 0 bridgehead atoms. The van der Waals surface area contributed by atoms with Crippen molar-refractivity contribution in [2.75, 3.05) is 31.5 Å². The van der Waals surface area contributed by atoms with Crippen molar-refractivity contribution >= 4 is 46.2 Å². The monoisotopic (exact) mass is 477 g/mol. The van der Waals surface area contributed by atoms with Gasteiger partial charge in [-0.3, -0.25) is 9.58 Å². The van der Waals surface area contributed by atoms with Crippen LogP contribution in [0.4, 0.5) is 10.1 Å². The van der Waals surface area contributed by atoms with E-state index in [4.69, 9.17) is 35.4 Å². The maximum Gasteiger partial charge on any atom is 0.173 e. The Bertz CT molecular complexity index is 1050. The highest BCUT2D eigenvalue weighted by Crippen LogP contribution is 2.23. The molecule has 31 heavy (non-hydrogen) atoms. The molecule has 1 aliphatic heterocycles. The van der Waals surface area contributed by atoms with Crippen molar-refractivity contribution in [3.05, 3.63) is 81.8 Å². The summed E-state index contributed by atoms with van der Waals surface area (Å²) in [6, 6.07) is 12.2. The van der Waals surface area contributed by atoms with Gasteiger partial charge in [0.25, 0.3) is 0 Å². The Morgan fingerprint density at radius 3 is 2.39 bits per heavy atom. The quantitative estimate of drug-likeness (QED) is 0.529. The number of hydrogen-bond acceptors (Lipinski definition) is 3. The number of aromatic nitrogens is 2. The molecule has 5 nitrogen and oxygen atoms in total. The predicted molar refractivity (Wildman–Crippen MR) is 127 cm³/mol. The first-order valence-corrected chi connectivity index (χ1v) is 11.1. The molecule has 1 saturated heterocycles. The van der Waals surface area contributed by atoms with Crippen LogP contribution in [-0.4, -0.2) is 50.9 Å². The Labute approximate surface area is 196 Å². The van der Waals surface area contributed by atoms with Gasteiger partial charge in [0, 0.05) is 38.9 Å². The number of piperazine rings is 1. The first kappa shape index (κ1) is 22.0. The van der Waals surface area contributed by atoms with Gasteiger partial charge in [-0.25, -0.2) is 4.39 Å². The van der Waals surface area contributed by atoms with E-state index in [0.717, 1.165) is 49.5 Å². The maximum atomic E-state index is 13.0. The fourth-order valence-electron chi connectivity index (χ4n) is 3.50. The molecule has 4 rings (SSSR count). The fraction of sp³-hybridized carbons (Fsp3) is 0.273. The van der Waals surface area contributed by atoms with Crippen molar-refractivity contribution in [3.8, 4) is 0 Å². The Morgan fingerprint density at radius 1 is 0.968 bits per heavy atom. The molecule has 0 radical (unpaired) electrons. The first-order chi connectivity index (χ1) is 15.0. The van der Waals surface area contributed by atoms with Crippen molar-refractivity contribution in [2.45, 2.75) is 13.1 Å². The maximum absolute atomic E-state index is 13.0. The summed E-state index contributed by atoms with van der Waals surface area (Å²) in [4.78, 5) is 4.54. The second-order valence-electron chi connectivity index (χ2n) is 7.49. The number of rotatable bonds is 5. The average molecular weight is 478 g/mol. The third kappa shape index (κ3) is 5.95. The molecule has 1 fully saturated rings. The van der Waals surface area contributed by atoms with E-state index in [1.165, 1.54) is 12.1 Å². The van der Waals surface area contributed by atoms with Gasteiger partial charge >= 0.3 is 0 Å². The molecular weight excluding hydrogens is 456 g/mol. The SMILES string of the molecule is Fc1ccc(Cn2cc(NC(=S)N3CCN(Cc4ccc(Cl)c(Cl)c4)CC3)cn2)cc1. The highest BCUT2D eigenvalue weighted by molar-refractivity contribution is 7.80. The summed E-state index contributed by atoms with van der Waals surface area (Å²) in [7, 11) is 0. The second kappa shape index (κ2) is 9.96. The lowest BCUT2D eigenvalue weighted by atomic mass is 10.2. The summed E-state index contributed by atoms with van der Waals surface area (Å²) in [6.07, 6.45) is 3.65. The fourth-order valence-corrected chi connectivity index (χ4v) is 4.12. The van der Waals surface area contributed by atoms with Gasteiger partial charge in [-0.05, 0) is 47.6 Å². The Balaban J connectivity index is 1.26. The lowest BCUT2D eigenvalue weighted by molar-refractivity contribution is 0.177. The number of halogens is 3. The molecule has 0 atom stereocenters. The molecule has 9 heteroatoms. The predicted octanol–water partition coefficient (Wildman–Crippen LogP) is 4.89. The van der Waals surface area contributed by atoms with Crippen LogP contribution in [0.1, 0.15) is 11.1 Å². The number of benzene rings is 2. The molecule has 162 valence electrons. The minimum atomic E-state index is -0.242. The molecule has 0 unspecified atom stereocenters. The van der Waals surface area contributed by atoms with Crippen LogP contribution in [0.3, 0.4) is 0 Å². The molecule has 2 aromatic carbocycles. The number of anilines is 1. The van der Waals surface area contributed by atoms with Crippen LogP contribution in [0, 0.1) is 5.82 Å². The average Bonchev–Trinajstić information content (AvgIpc) is 3.19. The van der Waals surface area contributed by atoms with E-state index in [-0.39, 0.29) is 5.82 Å². The second-order valence-corrected chi connectivity index (χ2v) is 8.70. The largest absolute Gasteiger partial charge is 0.346 e. The van der Waals surface area contributed by atoms with Crippen LogP contribution in [0.2, 0.25) is 10.0 Å². The van der Waals surface area contributed by atoms with Crippen LogP contribution in [0.15, 0.2) is 54.9 Å². The van der Waals surface area contributed by atoms with Gasteiger partial charge in [-0.1, -0.05) is 41.4 Å². The zero-order chi connectivity index (χ0) is 21.8. The molecule has 1 N–H and O–H groups in total. The minimum Gasteiger partial charge on any atom is -0.346 e. The van der Waals surface area contributed by atoms with Crippen molar-refractivity contribution in [3.63, 3.8) is 0 Å². The van der Waals surface area contributed by atoms with E-state index < -0.39 is 0 Å². The summed E-state index contributed by atoms with van der Waals surface area (Å²) in [5.41, 5.74) is 2.97. The summed E-state index contributed by atoms with van der Waals surface area (Å²) >= 11 is 17.7. The summed E-state index contributed by atoms with van der Waals surface area (Å²) in [6.45, 7) is 4.91. The lowest BCUT2D eigenvalue weighted by Crippen LogP contribution is -2.49. The smallest absolute Gasteiger partial charge is 0.173 e. The van der Waals surface area contributed by atoms with E-state index in [1.54, 1.807) is 23.0 Å². The van der Waals surface area contributed by atoms with Gasteiger partial charge in [-0.15, -0.1) is 0 Å². The third-order valence-electron chi connectivity index (χ3n) is 5.19. The summed E-state index contributed by atoms with van der Waals surface area (Å²) in [5.74, 6) is -0.242. The highest BCUT2D eigenvalue weighted by Gasteiger charge is 2.19. The summed E-state index contributed by atoms with van der Waals surface area (Å²) in [5, 5.41) is 9.48. The van der Waals surface area contributed by atoms with E-state index in [2.05, 4.69) is 20.2 Å². The molecule has 0 spiro atoms. The van der Waals surface area contributed by atoms with E-state index >= 15 is 0 Å². The molecule has 3 aromatic rings. The van der Waals surface area contributed by atoms with Crippen LogP contribution in [-0.2, 0) is 13.1 Å². The molecular formula is C22H22Cl2FN5S. The molecule has 1 aromatic heterocycles. The van der Waals surface area contributed by atoms with Gasteiger partial charge in [0.15, 0.2) is 5.11 Å². The van der Waals surface area contributed by atoms with Crippen LogP contribution in [0.5, 0.6) is 0 Å². The van der Waals surface area contributed by atoms with E-state index in [1.807, 2.05) is 24.4 Å². The molecule has 0 amide bonds. The van der Waals surface area contributed by atoms with Crippen LogP contribution < -0.4 is 5.32 Å². The van der Waals surface area contributed by atoms with Crippen LogP contribution >= 0.6 is 35.4 Å². The van der Waals surface area contributed by atoms with Crippen molar-refractivity contribution in [1.82, 2.24) is 19.6 Å². The standard InChI is InChI=1S/C22H22Cl2FN5S/c23-20-6-3-17(11-21(20)24)13-28-7-9-29(10-8-28)22(31)27-19-12-26-30(15-19)14-16-1-4-18(25)5-2-16/h1-6,11-12,15H,7-10,13-14H2,(H,27,31). The van der Waals surface area contributed by atoms with Gasteiger partial charge < -0.3 is 10.2 Å². The van der Waals surface area contributed by atoms with E-state index in [0.29, 0.717) is 21.7 Å². The number of thiocarbonyl (C=S) groups is 1. The third-order valence-corrected chi connectivity index (χ3v) is 6.29. The van der Waals surface area contributed by atoms with Gasteiger partial charge in [0.05, 0.1) is 28.5 Å². The number of nitrogens with one attached hydrogen (secondary N) is 1. The van der Waals surface area contributed by atoms with Gasteiger partial charge in [0.1, 0.15) is 5.82 Å². The molecule has 1 aliphatic rings. The topological polar surface area (TPSA) is 36.3 Å². The number of nitrogens with zero attached hydrogens (tertiary/aromatic N) is 4. The zero-order valence-corrected chi connectivity index (χ0v) is 19.1. The Hall–Kier alpha value is -2.19. The normalized spacial score (nSPS) is 14.6. The Kier molecular flexibility index (Phi) is 7.07. The highest BCUT2D eigenvalue weighted by atomic mass is 35.5.